The maximum Gasteiger partial charge on any atom is 0.160 e. The number of hydrogen-bond acceptors (Lipinski definition) is 4. The van der Waals surface area contributed by atoms with Crippen molar-refractivity contribution in [3.63, 3.8) is 0 Å². The molecule has 0 bridgehead atoms. The molecule has 0 aliphatic rings. The van der Waals surface area contributed by atoms with Gasteiger partial charge in [-0.2, -0.15) is 9.61 Å². The molecule has 116 valence electrons. The number of anilines is 1. The van der Waals surface area contributed by atoms with Gasteiger partial charge in [-0.15, -0.1) is 0 Å². The van der Waals surface area contributed by atoms with Crippen molar-refractivity contribution in [3.8, 4) is 0 Å². The highest BCUT2D eigenvalue weighted by molar-refractivity contribution is 5.55. The topological polar surface area (TPSA) is 45.5 Å². The molecule has 1 unspecified atom stereocenters. The summed E-state index contributed by atoms with van der Waals surface area (Å²) in [5, 5.41) is 8.15. The van der Waals surface area contributed by atoms with Crippen molar-refractivity contribution >= 4 is 11.5 Å². The molecule has 0 saturated carbocycles. The molecule has 1 N–H and O–H groups in total. The van der Waals surface area contributed by atoms with Crippen LogP contribution >= 0.6 is 0 Å². The van der Waals surface area contributed by atoms with E-state index in [9.17, 15) is 0 Å². The fourth-order valence-electron chi connectivity index (χ4n) is 2.57. The van der Waals surface area contributed by atoms with Crippen LogP contribution in [0, 0.1) is 20.8 Å². The third-order valence-corrected chi connectivity index (χ3v) is 4.30. The number of hydrogen-bond donors (Lipinski definition) is 1. The van der Waals surface area contributed by atoms with Gasteiger partial charge in [0.2, 0.25) is 0 Å². The molecule has 0 aliphatic heterocycles. The van der Waals surface area contributed by atoms with E-state index in [0.717, 1.165) is 47.9 Å². The Morgan fingerprint density at radius 1 is 1.29 bits per heavy atom. The summed E-state index contributed by atoms with van der Waals surface area (Å²) >= 11 is 0. The quantitative estimate of drug-likeness (QED) is 0.888. The molecule has 2 rings (SSSR count). The molecule has 0 radical (unpaired) electrons. The van der Waals surface area contributed by atoms with Crippen LogP contribution in [-0.4, -0.2) is 45.7 Å². The fraction of sp³-hybridized carbons (Fsp3) is 0.625. The molecule has 2 aromatic heterocycles. The minimum Gasteiger partial charge on any atom is -0.368 e. The van der Waals surface area contributed by atoms with E-state index in [0.29, 0.717) is 6.04 Å². The summed E-state index contributed by atoms with van der Waals surface area (Å²) in [6, 6.07) is 2.59. The van der Waals surface area contributed by atoms with Gasteiger partial charge >= 0.3 is 0 Å². The Labute approximate surface area is 127 Å². The summed E-state index contributed by atoms with van der Waals surface area (Å²) < 4.78 is 1.93. The van der Waals surface area contributed by atoms with E-state index >= 15 is 0 Å². The van der Waals surface area contributed by atoms with Crippen molar-refractivity contribution in [3.05, 3.63) is 23.0 Å². The molecule has 1 atom stereocenters. The molecule has 5 nitrogen and oxygen atoms in total. The number of fused-ring (bicyclic) bond motifs is 1. The normalized spacial score (nSPS) is 13.1. The van der Waals surface area contributed by atoms with Gasteiger partial charge in [-0.25, -0.2) is 4.98 Å². The molecule has 0 fully saturated rings. The van der Waals surface area contributed by atoms with Crippen LogP contribution in [-0.2, 0) is 0 Å². The van der Waals surface area contributed by atoms with E-state index in [-0.39, 0.29) is 0 Å². The molecule has 5 heteroatoms. The molecule has 0 saturated heterocycles. The van der Waals surface area contributed by atoms with Crippen molar-refractivity contribution in [1.82, 2.24) is 19.5 Å². The minimum absolute atomic E-state index is 0.524. The molecule has 0 spiro atoms. The van der Waals surface area contributed by atoms with Gasteiger partial charge in [-0.05, 0) is 40.8 Å². The molecule has 2 heterocycles. The first-order valence-corrected chi connectivity index (χ1v) is 7.75. The van der Waals surface area contributed by atoms with Gasteiger partial charge in [-0.1, -0.05) is 13.8 Å². The second-order valence-electron chi connectivity index (χ2n) is 5.74. The van der Waals surface area contributed by atoms with Crippen LogP contribution in [0.4, 0.5) is 5.82 Å². The number of rotatable bonds is 6. The molecular weight excluding hydrogens is 262 g/mol. The predicted octanol–water partition coefficient (Wildman–Crippen LogP) is 2.80. The van der Waals surface area contributed by atoms with E-state index in [1.807, 2.05) is 18.4 Å². The van der Waals surface area contributed by atoms with Gasteiger partial charge in [0.25, 0.3) is 0 Å². The van der Waals surface area contributed by atoms with E-state index in [4.69, 9.17) is 0 Å². The number of nitrogens with one attached hydrogen (secondary N) is 1. The molecule has 0 aromatic carbocycles. The Morgan fingerprint density at radius 3 is 2.62 bits per heavy atom. The number of likely N-dealkylation sites (N-methyl/N-ethyl adjacent to an activating group) is 1. The highest BCUT2D eigenvalue weighted by Crippen LogP contribution is 2.18. The second-order valence-corrected chi connectivity index (χ2v) is 5.74. The average molecular weight is 289 g/mol. The highest BCUT2D eigenvalue weighted by Gasteiger charge is 2.14. The van der Waals surface area contributed by atoms with E-state index in [1.54, 1.807) is 0 Å². The number of aromatic nitrogens is 3. The Bertz CT molecular complexity index is 617. The third-order valence-electron chi connectivity index (χ3n) is 4.30. The van der Waals surface area contributed by atoms with E-state index in [2.05, 4.69) is 54.2 Å². The first-order chi connectivity index (χ1) is 9.97. The highest BCUT2D eigenvalue weighted by atomic mass is 15.3. The van der Waals surface area contributed by atoms with Crippen molar-refractivity contribution < 1.29 is 0 Å². The van der Waals surface area contributed by atoms with E-state index < -0.39 is 0 Å². The van der Waals surface area contributed by atoms with Gasteiger partial charge in [0, 0.05) is 29.9 Å². The average Bonchev–Trinajstić information content (AvgIpc) is 2.75. The summed E-state index contributed by atoms with van der Waals surface area (Å²) in [5.74, 6) is 1.02. The SMILES string of the molecule is CCC(CNc1cc(C)nc2c(C)c(C)nn12)N(C)CC. The number of nitrogens with zero attached hydrogens (tertiary/aromatic N) is 4. The summed E-state index contributed by atoms with van der Waals surface area (Å²) in [7, 11) is 2.17. The zero-order valence-electron chi connectivity index (χ0n) is 14.1. The lowest BCUT2D eigenvalue weighted by molar-refractivity contribution is 0.257. The first-order valence-electron chi connectivity index (χ1n) is 7.75. The van der Waals surface area contributed by atoms with Crippen LogP contribution in [0.2, 0.25) is 0 Å². The van der Waals surface area contributed by atoms with Crippen LogP contribution in [0.15, 0.2) is 6.07 Å². The summed E-state index contributed by atoms with van der Waals surface area (Å²) in [6.07, 6.45) is 1.13. The van der Waals surface area contributed by atoms with Crippen LogP contribution in [0.25, 0.3) is 5.65 Å². The third kappa shape index (κ3) is 3.18. The Balaban J connectivity index is 2.28. The molecule has 21 heavy (non-hydrogen) atoms. The van der Waals surface area contributed by atoms with Crippen LogP contribution in [0.3, 0.4) is 0 Å². The van der Waals surface area contributed by atoms with E-state index in [1.165, 1.54) is 0 Å². The monoisotopic (exact) mass is 289 g/mol. The van der Waals surface area contributed by atoms with Crippen molar-refractivity contribution in [2.45, 2.75) is 47.1 Å². The van der Waals surface area contributed by atoms with Crippen molar-refractivity contribution in [2.24, 2.45) is 0 Å². The first kappa shape index (κ1) is 15.8. The molecule has 0 amide bonds. The smallest absolute Gasteiger partial charge is 0.160 e. The molecular formula is C16H27N5. The summed E-state index contributed by atoms with van der Waals surface area (Å²) in [5.41, 5.74) is 4.16. The van der Waals surface area contributed by atoms with Gasteiger partial charge < -0.3 is 10.2 Å². The predicted molar refractivity (Wildman–Crippen MR) is 88.1 cm³/mol. The fourth-order valence-corrected chi connectivity index (χ4v) is 2.57. The Kier molecular flexibility index (Phi) is 4.83. The van der Waals surface area contributed by atoms with Gasteiger partial charge in [0.1, 0.15) is 5.82 Å². The van der Waals surface area contributed by atoms with Crippen LogP contribution < -0.4 is 5.32 Å². The van der Waals surface area contributed by atoms with Crippen molar-refractivity contribution in [1.29, 1.82) is 0 Å². The van der Waals surface area contributed by atoms with Crippen LogP contribution in [0.5, 0.6) is 0 Å². The summed E-state index contributed by atoms with van der Waals surface area (Å²) in [4.78, 5) is 6.98. The Morgan fingerprint density at radius 2 is 2.00 bits per heavy atom. The minimum atomic E-state index is 0.524. The standard InChI is InChI=1S/C16H27N5/c1-7-14(20(6)8-2)10-17-15-9-11(3)18-16-12(4)13(5)19-21(15)16/h9,14,17H,7-8,10H2,1-6H3. The lowest BCUT2D eigenvalue weighted by Crippen LogP contribution is -2.36. The maximum absolute atomic E-state index is 4.61. The zero-order valence-corrected chi connectivity index (χ0v) is 14.1. The number of aryl methyl sites for hydroxylation is 3. The van der Waals surface area contributed by atoms with Gasteiger partial charge in [0.15, 0.2) is 5.65 Å². The van der Waals surface area contributed by atoms with Gasteiger partial charge in [-0.3, -0.25) is 0 Å². The summed E-state index contributed by atoms with van der Waals surface area (Å²) in [6.45, 7) is 12.5. The second kappa shape index (κ2) is 6.43. The lowest BCUT2D eigenvalue weighted by Gasteiger charge is -2.26. The molecule has 2 aromatic rings. The van der Waals surface area contributed by atoms with Crippen molar-refractivity contribution in [2.75, 3.05) is 25.5 Å². The van der Waals surface area contributed by atoms with Crippen LogP contribution in [0.1, 0.15) is 37.2 Å². The largest absolute Gasteiger partial charge is 0.368 e. The van der Waals surface area contributed by atoms with Gasteiger partial charge in [0.05, 0.1) is 5.69 Å². The molecule has 0 aliphatic carbocycles. The Hall–Kier alpha value is -1.62. The maximum atomic E-state index is 4.61. The lowest BCUT2D eigenvalue weighted by atomic mass is 10.2. The zero-order chi connectivity index (χ0) is 15.6.